The fraction of sp³-hybridized carbons (Fsp3) is 0. The number of hydrogen-bond acceptors (Lipinski definition) is 3. The van der Waals surface area contributed by atoms with E-state index in [1.165, 1.54) is 0 Å². The number of hydrogen-bond donors (Lipinski definition) is 1. The van der Waals surface area contributed by atoms with Crippen LogP contribution in [-0.2, 0) is 24.5 Å². The van der Waals surface area contributed by atoms with Gasteiger partial charge in [0.15, 0.2) is 0 Å². The Labute approximate surface area is 75.9 Å². The summed E-state index contributed by atoms with van der Waals surface area (Å²) >= 11 is -5.38. The van der Waals surface area contributed by atoms with Crippen LogP contribution >= 0.6 is 0 Å². The molecule has 0 aliphatic rings. The van der Waals surface area contributed by atoms with Crippen LogP contribution in [0.15, 0.2) is 0 Å². The van der Waals surface area contributed by atoms with E-state index in [1.807, 2.05) is 0 Å². The third-order valence-electron chi connectivity index (χ3n) is 0. The third kappa shape index (κ3) is 55.1. The Balaban J connectivity index is -0.0000000267. The third-order valence-corrected chi connectivity index (χ3v) is 0. The Morgan fingerprint density at radius 3 is 1.33 bits per heavy atom. The molecule has 0 saturated heterocycles. The molecule has 0 atom stereocenters. The van der Waals surface area contributed by atoms with Crippen LogP contribution in [0.4, 0.5) is 0 Å². The zero-order valence-electron chi connectivity index (χ0n) is 4.76. The molecule has 0 fully saturated rings. The van der Waals surface area contributed by atoms with Gasteiger partial charge < -0.3 is 2.85 Å². The average Bonchev–Trinajstić information content (AvgIpc) is 0.722. The molecule has 0 aromatic heterocycles. The summed E-state index contributed by atoms with van der Waals surface area (Å²) in [6.45, 7) is 0. The first-order valence-electron chi connectivity index (χ1n) is 0.632. The van der Waals surface area contributed by atoms with Gasteiger partial charge in [0.25, 0.3) is 0 Å². The first-order valence-corrected chi connectivity index (χ1v) is 2.61. The molecule has 0 rings (SSSR count). The smallest absolute Gasteiger partial charge is 2.00 e. The molecule has 0 heterocycles. The minimum absolute atomic E-state index is 0. The molecular formula is H3MnO4Sr. The van der Waals surface area contributed by atoms with Gasteiger partial charge in [-0.2, -0.15) is 0 Å². The fourth-order valence-corrected chi connectivity index (χ4v) is 0. The second kappa shape index (κ2) is 3.37. The molecular weight excluding hydrogens is 207 g/mol. The van der Waals surface area contributed by atoms with Gasteiger partial charge in [-0.3, -0.25) is 0 Å². The van der Waals surface area contributed by atoms with Crippen LogP contribution in [-0.4, -0.2) is 49.7 Å². The molecule has 0 aliphatic carbocycles. The predicted molar refractivity (Wildman–Crippen MR) is 12.3 cm³/mol. The zero-order chi connectivity index (χ0) is 4.50. The Hall–Kier alpha value is 1.36. The first-order chi connectivity index (χ1) is 2.00. The van der Waals surface area contributed by atoms with Gasteiger partial charge in [0.05, 0.1) is 0 Å². The maximum atomic E-state index is 8.69. The van der Waals surface area contributed by atoms with Gasteiger partial charge >= 0.3 is 74.1 Å². The Bertz CT molecular complexity index is 135. The molecule has 0 aromatic rings. The summed E-state index contributed by atoms with van der Waals surface area (Å²) in [6, 6.07) is 0. The van der Waals surface area contributed by atoms with E-state index in [1.54, 1.807) is 0 Å². The van der Waals surface area contributed by atoms with Crippen LogP contribution in [0.1, 0.15) is 2.85 Å². The van der Waals surface area contributed by atoms with Crippen LogP contribution in [0.25, 0.3) is 0 Å². The second-order valence-corrected chi connectivity index (χ2v) is 1.63. The molecule has 0 aromatic carbocycles. The van der Waals surface area contributed by atoms with E-state index in [4.69, 9.17) is 15.7 Å². The molecule has 36 valence electrons. The summed E-state index contributed by atoms with van der Waals surface area (Å²) in [5.41, 5.74) is 0. The fourth-order valence-electron chi connectivity index (χ4n) is 0. The van der Waals surface area contributed by atoms with Gasteiger partial charge in [-0.1, -0.05) is 0 Å². The van der Waals surface area contributed by atoms with Crippen molar-refractivity contribution in [1.82, 2.24) is 0 Å². The van der Waals surface area contributed by atoms with E-state index in [-0.39, 0.29) is 48.3 Å². The van der Waals surface area contributed by atoms with Gasteiger partial charge in [-0.05, 0) is 0 Å². The summed E-state index contributed by atoms with van der Waals surface area (Å²) < 4.78 is 33.1. The minimum atomic E-state index is -5.38. The zero-order valence-corrected chi connectivity index (χ0v) is 7.41. The van der Waals surface area contributed by atoms with Crippen molar-refractivity contribution >= 4 is 45.5 Å². The molecule has 6 heavy (non-hydrogen) atoms. The van der Waals surface area contributed by atoms with Gasteiger partial charge in [-0.25, -0.2) is 0 Å². The Morgan fingerprint density at radius 1 is 1.33 bits per heavy atom. The van der Waals surface area contributed by atoms with E-state index >= 15 is 0 Å². The van der Waals surface area contributed by atoms with Crippen LogP contribution < -0.4 is 0 Å². The van der Waals surface area contributed by atoms with Crippen molar-refractivity contribution in [3.63, 3.8) is 0 Å². The van der Waals surface area contributed by atoms with E-state index < -0.39 is 13.0 Å². The molecule has 0 saturated carbocycles. The van der Waals surface area contributed by atoms with Crippen LogP contribution in [0.3, 0.4) is 0 Å². The maximum absolute atomic E-state index is 8.69. The molecule has 6 heteroatoms. The number of rotatable bonds is 0. The predicted octanol–water partition coefficient (Wildman–Crippen LogP) is -1.07. The first kappa shape index (κ1) is 10.4. The summed E-state index contributed by atoms with van der Waals surface area (Å²) in [4.78, 5) is 0. The quantitative estimate of drug-likeness (QED) is 0.516. The van der Waals surface area contributed by atoms with Gasteiger partial charge in [-0.15, -0.1) is 0 Å². The SMILES string of the molecule is [H-].[H-].[O]=[Mn](=[O])(=[O])[OH].[Sr+2]. The van der Waals surface area contributed by atoms with Crippen molar-refractivity contribution in [3.05, 3.63) is 0 Å². The summed E-state index contributed by atoms with van der Waals surface area (Å²) in [5.74, 6) is 0. The summed E-state index contributed by atoms with van der Waals surface area (Å²) in [5, 5.41) is 0. The molecule has 0 spiro atoms. The maximum Gasteiger partial charge on any atom is 2.00 e. The standard InChI is InChI=1S/Mn.H2O.3O.Sr.2H/h;1H2;;;;;;/q+1;;;;;+2;2*-1/p-1. The summed E-state index contributed by atoms with van der Waals surface area (Å²) in [6.07, 6.45) is 0. The van der Waals surface area contributed by atoms with Crippen molar-refractivity contribution in [3.8, 4) is 0 Å². The van der Waals surface area contributed by atoms with Gasteiger partial charge in [0.2, 0.25) is 0 Å². The monoisotopic (exact) mass is 210 g/mol. The van der Waals surface area contributed by atoms with E-state index in [9.17, 15) is 0 Å². The van der Waals surface area contributed by atoms with Crippen molar-refractivity contribution in [2.75, 3.05) is 0 Å². The molecule has 4 nitrogen and oxygen atoms in total. The van der Waals surface area contributed by atoms with Crippen molar-refractivity contribution < 1.29 is 31.5 Å². The molecule has 1 N–H and O–H groups in total. The Kier molecular flexibility index (Phi) is 5.83. The van der Waals surface area contributed by atoms with Crippen LogP contribution in [0.2, 0.25) is 0 Å². The van der Waals surface area contributed by atoms with Crippen LogP contribution in [0.5, 0.6) is 0 Å². The van der Waals surface area contributed by atoms with Gasteiger partial charge in [0, 0.05) is 0 Å². The van der Waals surface area contributed by atoms with E-state index in [0.717, 1.165) is 0 Å². The van der Waals surface area contributed by atoms with Crippen molar-refractivity contribution in [2.45, 2.75) is 0 Å². The molecule has 0 amide bonds. The molecule has 0 unspecified atom stereocenters. The molecule has 0 radical (unpaired) electrons. The normalized spacial score (nSPS) is 9.50. The van der Waals surface area contributed by atoms with Crippen molar-refractivity contribution in [2.24, 2.45) is 0 Å². The largest absolute Gasteiger partial charge is 2.00 e. The second-order valence-electron chi connectivity index (χ2n) is 0.396. The van der Waals surface area contributed by atoms with E-state index in [2.05, 4.69) is 0 Å². The van der Waals surface area contributed by atoms with E-state index in [0.29, 0.717) is 0 Å². The average molecular weight is 210 g/mol. The van der Waals surface area contributed by atoms with Crippen molar-refractivity contribution in [1.29, 1.82) is 0 Å². The van der Waals surface area contributed by atoms with Crippen LogP contribution in [0, 0.1) is 0 Å². The molecule has 0 bridgehead atoms. The van der Waals surface area contributed by atoms with Gasteiger partial charge in [0.1, 0.15) is 0 Å². The topological polar surface area (TPSA) is 71.4 Å². The summed E-state index contributed by atoms with van der Waals surface area (Å²) in [7, 11) is 0. The Morgan fingerprint density at radius 2 is 1.33 bits per heavy atom. The minimum Gasteiger partial charge on any atom is 2.00 e. The molecule has 0 aliphatic heterocycles.